The van der Waals surface area contributed by atoms with E-state index in [1.165, 1.54) is 6.07 Å². The predicted octanol–water partition coefficient (Wildman–Crippen LogP) is 1.63. The van der Waals surface area contributed by atoms with Crippen molar-refractivity contribution >= 4 is 11.9 Å². The van der Waals surface area contributed by atoms with Crippen molar-refractivity contribution in [2.45, 2.75) is 52.1 Å². The molecule has 0 aliphatic carbocycles. The van der Waals surface area contributed by atoms with Gasteiger partial charge in [0, 0.05) is 25.2 Å². The second-order valence-corrected chi connectivity index (χ2v) is 5.78. The molecule has 122 valence electrons. The van der Waals surface area contributed by atoms with Crippen molar-refractivity contribution in [3.63, 3.8) is 0 Å². The molecule has 1 atom stereocenters. The quantitative estimate of drug-likeness (QED) is 0.679. The van der Waals surface area contributed by atoms with E-state index >= 15 is 0 Å². The maximum atomic E-state index is 11.8. The number of amides is 1. The van der Waals surface area contributed by atoms with Crippen molar-refractivity contribution in [1.82, 2.24) is 9.88 Å². The number of carboxylic acid groups (broad SMARTS) is 1. The number of nitrogens with zero attached hydrogens (tertiary/aromatic N) is 1. The molecule has 0 aliphatic rings. The van der Waals surface area contributed by atoms with Crippen molar-refractivity contribution in [2.75, 3.05) is 0 Å². The second-order valence-electron chi connectivity index (χ2n) is 5.78. The fourth-order valence-electron chi connectivity index (χ4n) is 2.17. The van der Waals surface area contributed by atoms with E-state index in [0.717, 1.165) is 0 Å². The van der Waals surface area contributed by atoms with Crippen LogP contribution in [-0.2, 0) is 16.1 Å². The van der Waals surface area contributed by atoms with Crippen LogP contribution in [0, 0.1) is 5.92 Å². The van der Waals surface area contributed by atoms with Crippen LogP contribution < -0.4 is 10.9 Å². The van der Waals surface area contributed by atoms with E-state index in [9.17, 15) is 14.4 Å². The highest BCUT2D eigenvalue weighted by atomic mass is 16.4. The molecular weight excluding hydrogens is 284 g/mol. The lowest BCUT2D eigenvalue weighted by atomic mass is 10.0. The molecule has 0 saturated carbocycles. The maximum absolute atomic E-state index is 11.8. The molecule has 0 fully saturated rings. The molecule has 0 aromatic carbocycles. The SMILES string of the molecule is CC(C)CC(NC(=O)CCCCn1ccccc1=O)C(=O)O. The average molecular weight is 308 g/mol. The normalized spacial score (nSPS) is 12.1. The van der Waals surface area contributed by atoms with Crippen LogP contribution in [0.3, 0.4) is 0 Å². The lowest BCUT2D eigenvalue weighted by Crippen LogP contribution is -2.41. The van der Waals surface area contributed by atoms with Crippen molar-refractivity contribution in [3.8, 4) is 0 Å². The minimum Gasteiger partial charge on any atom is -0.480 e. The largest absolute Gasteiger partial charge is 0.480 e. The van der Waals surface area contributed by atoms with E-state index in [1.807, 2.05) is 13.8 Å². The van der Waals surface area contributed by atoms with Crippen LogP contribution in [0.5, 0.6) is 0 Å². The maximum Gasteiger partial charge on any atom is 0.326 e. The zero-order valence-electron chi connectivity index (χ0n) is 13.1. The highest BCUT2D eigenvalue weighted by molar-refractivity contribution is 5.83. The van der Waals surface area contributed by atoms with Crippen LogP contribution in [0.1, 0.15) is 39.5 Å². The summed E-state index contributed by atoms with van der Waals surface area (Å²) in [4.78, 5) is 34.3. The smallest absolute Gasteiger partial charge is 0.326 e. The van der Waals surface area contributed by atoms with E-state index in [-0.39, 0.29) is 23.8 Å². The highest BCUT2D eigenvalue weighted by Crippen LogP contribution is 2.06. The molecule has 1 aromatic heterocycles. The number of aromatic nitrogens is 1. The highest BCUT2D eigenvalue weighted by Gasteiger charge is 2.20. The number of hydrogen-bond acceptors (Lipinski definition) is 3. The first-order chi connectivity index (χ1) is 10.4. The topological polar surface area (TPSA) is 88.4 Å². The number of rotatable bonds is 9. The van der Waals surface area contributed by atoms with Gasteiger partial charge in [-0.3, -0.25) is 9.59 Å². The summed E-state index contributed by atoms with van der Waals surface area (Å²) in [6, 6.07) is 4.14. The third-order valence-electron chi connectivity index (χ3n) is 3.29. The van der Waals surface area contributed by atoms with Crippen molar-refractivity contribution in [3.05, 3.63) is 34.7 Å². The third-order valence-corrected chi connectivity index (χ3v) is 3.29. The molecule has 1 aromatic rings. The standard InChI is InChI=1S/C16H24N2O4/c1-12(2)11-13(16(21)22)17-14(19)7-3-5-9-18-10-6-4-8-15(18)20/h4,6,8,10,12-13H,3,5,7,9,11H2,1-2H3,(H,17,19)(H,21,22). The minimum absolute atomic E-state index is 0.0603. The Bertz CT molecular complexity index is 551. The van der Waals surface area contributed by atoms with Gasteiger partial charge >= 0.3 is 5.97 Å². The zero-order chi connectivity index (χ0) is 16.5. The summed E-state index contributed by atoms with van der Waals surface area (Å²) < 4.78 is 1.59. The van der Waals surface area contributed by atoms with Crippen LogP contribution in [-0.4, -0.2) is 27.6 Å². The van der Waals surface area contributed by atoms with Gasteiger partial charge in [0.2, 0.25) is 11.5 Å². The van der Waals surface area contributed by atoms with E-state index in [1.54, 1.807) is 22.9 Å². The molecule has 6 nitrogen and oxygen atoms in total. The number of nitrogens with one attached hydrogen (secondary N) is 1. The monoisotopic (exact) mass is 308 g/mol. The molecule has 0 spiro atoms. The van der Waals surface area contributed by atoms with Crippen molar-refractivity contribution < 1.29 is 14.7 Å². The number of pyridine rings is 1. The Morgan fingerprint density at radius 2 is 2.00 bits per heavy atom. The number of unbranched alkanes of at least 4 members (excludes halogenated alkanes) is 1. The van der Waals surface area contributed by atoms with Crippen LogP contribution in [0.2, 0.25) is 0 Å². The van der Waals surface area contributed by atoms with Gasteiger partial charge in [0.1, 0.15) is 6.04 Å². The Balaban J connectivity index is 2.32. The van der Waals surface area contributed by atoms with Gasteiger partial charge in [-0.25, -0.2) is 4.79 Å². The lowest BCUT2D eigenvalue weighted by Gasteiger charge is -2.16. The molecular formula is C16H24N2O4. The number of aliphatic carboxylic acids is 1. The fraction of sp³-hybridized carbons (Fsp3) is 0.562. The van der Waals surface area contributed by atoms with Gasteiger partial charge in [-0.2, -0.15) is 0 Å². The summed E-state index contributed by atoms with van der Waals surface area (Å²) in [6.45, 7) is 4.39. The van der Waals surface area contributed by atoms with E-state index in [0.29, 0.717) is 25.8 Å². The van der Waals surface area contributed by atoms with Gasteiger partial charge in [0.05, 0.1) is 0 Å². The molecule has 1 rings (SSSR count). The van der Waals surface area contributed by atoms with Gasteiger partial charge in [0.15, 0.2) is 0 Å². The minimum atomic E-state index is -1.00. The Hall–Kier alpha value is -2.11. The fourth-order valence-corrected chi connectivity index (χ4v) is 2.17. The molecule has 1 unspecified atom stereocenters. The van der Waals surface area contributed by atoms with E-state index in [2.05, 4.69) is 5.32 Å². The van der Waals surface area contributed by atoms with E-state index < -0.39 is 12.0 Å². The average Bonchev–Trinajstić information content (AvgIpc) is 2.44. The number of aryl methyl sites for hydroxylation is 1. The Morgan fingerprint density at radius 1 is 1.27 bits per heavy atom. The van der Waals surface area contributed by atoms with Gasteiger partial charge in [-0.15, -0.1) is 0 Å². The summed E-state index contributed by atoms with van der Waals surface area (Å²) in [5.41, 5.74) is -0.0603. The number of carbonyl (C=O) groups is 2. The third kappa shape index (κ3) is 6.56. The summed E-state index contributed by atoms with van der Waals surface area (Å²) in [5.74, 6) is -1.06. The van der Waals surface area contributed by atoms with Crippen LogP contribution in [0.25, 0.3) is 0 Å². The second kappa shape index (κ2) is 9.02. The number of carbonyl (C=O) groups excluding carboxylic acids is 1. The molecule has 1 amide bonds. The van der Waals surface area contributed by atoms with Gasteiger partial charge in [-0.05, 0) is 31.2 Å². The summed E-state index contributed by atoms with van der Waals surface area (Å²) in [7, 11) is 0. The number of carboxylic acids is 1. The molecule has 2 N–H and O–H groups in total. The first kappa shape index (κ1) is 17.9. The summed E-state index contributed by atoms with van der Waals surface area (Å²) in [6.07, 6.45) is 3.70. The first-order valence-electron chi connectivity index (χ1n) is 7.57. The van der Waals surface area contributed by atoms with Crippen LogP contribution >= 0.6 is 0 Å². The molecule has 0 aliphatic heterocycles. The predicted molar refractivity (Wildman–Crippen MR) is 83.6 cm³/mol. The Labute approximate surface area is 130 Å². The first-order valence-corrected chi connectivity index (χ1v) is 7.57. The molecule has 0 bridgehead atoms. The van der Waals surface area contributed by atoms with Gasteiger partial charge < -0.3 is 15.0 Å². The molecule has 0 radical (unpaired) electrons. The zero-order valence-corrected chi connectivity index (χ0v) is 13.1. The molecule has 0 saturated heterocycles. The Morgan fingerprint density at radius 3 is 2.59 bits per heavy atom. The van der Waals surface area contributed by atoms with E-state index in [4.69, 9.17) is 5.11 Å². The van der Waals surface area contributed by atoms with Crippen LogP contribution in [0.4, 0.5) is 0 Å². The van der Waals surface area contributed by atoms with Crippen molar-refractivity contribution in [2.24, 2.45) is 5.92 Å². The Kier molecular flexibility index (Phi) is 7.36. The molecule has 6 heteroatoms. The lowest BCUT2D eigenvalue weighted by molar-refractivity contribution is -0.142. The van der Waals surface area contributed by atoms with Crippen molar-refractivity contribution in [1.29, 1.82) is 0 Å². The summed E-state index contributed by atoms with van der Waals surface area (Å²) in [5, 5.41) is 11.6. The van der Waals surface area contributed by atoms with Crippen LogP contribution in [0.15, 0.2) is 29.2 Å². The van der Waals surface area contributed by atoms with Gasteiger partial charge in [0.25, 0.3) is 0 Å². The van der Waals surface area contributed by atoms with Gasteiger partial charge in [-0.1, -0.05) is 19.9 Å². The summed E-state index contributed by atoms with van der Waals surface area (Å²) >= 11 is 0. The number of hydrogen-bond donors (Lipinski definition) is 2. The molecule has 22 heavy (non-hydrogen) atoms. The molecule has 1 heterocycles.